The van der Waals surface area contributed by atoms with E-state index in [0.29, 0.717) is 10.8 Å². The normalized spacial score (nSPS) is 18.1. The van der Waals surface area contributed by atoms with Gasteiger partial charge in [0.2, 0.25) is 10.0 Å². The summed E-state index contributed by atoms with van der Waals surface area (Å²) in [6.45, 7) is 8.24. The molecule has 0 amide bonds. The molecule has 2 aromatic rings. The molecule has 1 aromatic heterocycles. The Balaban J connectivity index is 1.78. The van der Waals surface area contributed by atoms with E-state index in [1.54, 1.807) is 6.07 Å². The third kappa shape index (κ3) is 4.72. The molecule has 0 spiro atoms. The summed E-state index contributed by atoms with van der Waals surface area (Å²) in [5.41, 5.74) is 2.37. The number of likely N-dealkylation sites (N-methyl/N-ethyl adjacent to an activating group) is 1. The molecule has 1 aliphatic heterocycles. The zero-order valence-electron chi connectivity index (χ0n) is 15.6. The summed E-state index contributed by atoms with van der Waals surface area (Å²) in [4.78, 5) is 5.69. The van der Waals surface area contributed by atoms with Gasteiger partial charge < -0.3 is 4.90 Å². The number of piperazine rings is 1. The third-order valence-electron chi connectivity index (χ3n) is 4.89. The first-order chi connectivity index (χ1) is 12.3. The number of nitrogens with zero attached hydrogens (tertiary/aromatic N) is 2. The zero-order valence-corrected chi connectivity index (χ0v) is 17.2. The number of rotatable bonds is 6. The third-order valence-corrected chi connectivity index (χ3v) is 7.80. The molecule has 1 unspecified atom stereocenters. The highest BCUT2D eigenvalue weighted by Crippen LogP contribution is 2.24. The van der Waals surface area contributed by atoms with Gasteiger partial charge in [0.1, 0.15) is 4.21 Å². The summed E-state index contributed by atoms with van der Waals surface area (Å²) in [5, 5.41) is 0. The van der Waals surface area contributed by atoms with Crippen LogP contribution in [0.4, 0.5) is 0 Å². The molecule has 1 aliphatic rings. The molecular formula is C19H27N3O2S2. The minimum absolute atomic E-state index is 0.0418. The van der Waals surface area contributed by atoms with Crippen molar-refractivity contribution in [2.24, 2.45) is 0 Å². The van der Waals surface area contributed by atoms with Crippen LogP contribution in [-0.2, 0) is 10.0 Å². The van der Waals surface area contributed by atoms with Crippen LogP contribution in [0.3, 0.4) is 0 Å². The Hall–Kier alpha value is -1.25. The van der Waals surface area contributed by atoms with E-state index < -0.39 is 10.0 Å². The summed E-state index contributed by atoms with van der Waals surface area (Å²) in [5.74, 6) is 0. The molecule has 1 aromatic carbocycles. The molecule has 5 nitrogen and oxygen atoms in total. The van der Waals surface area contributed by atoms with Gasteiger partial charge in [0.15, 0.2) is 0 Å². The predicted octanol–water partition coefficient (Wildman–Crippen LogP) is 2.63. The number of hydrogen-bond donors (Lipinski definition) is 1. The number of benzene rings is 1. The van der Waals surface area contributed by atoms with Crippen molar-refractivity contribution < 1.29 is 8.42 Å². The lowest BCUT2D eigenvalue weighted by molar-refractivity contribution is 0.113. The largest absolute Gasteiger partial charge is 0.304 e. The SMILES string of the molecule is Cc1ccc(C(CNS(=O)(=O)c2ccc(C)s2)N2CCN(C)CC2)cc1. The van der Waals surface area contributed by atoms with Crippen LogP contribution in [0.5, 0.6) is 0 Å². The van der Waals surface area contributed by atoms with Gasteiger partial charge in [-0.25, -0.2) is 13.1 Å². The highest BCUT2D eigenvalue weighted by atomic mass is 32.2. The van der Waals surface area contributed by atoms with E-state index in [1.807, 2.05) is 13.0 Å². The summed E-state index contributed by atoms with van der Waals surface area (Å²) < 4.78 is 28.5. The van der Waals surface area contributed by atoms with Crippen molar-refractivity contribution in [2.75, 3.05) is 39.8 Å². The average Bonchev–Trinajstić information content (AvgIpc) is 3.05. The number of hydrogen-bond acceptors (Lipinski definition) is 5. The predicted molar refractivity (Wildman–Crippen MR) is 107 cm³/mol. The molecule has 2 heterocycles. The summed E-state index contributed by atoms with van der Waals surface area (Å²) in [7, 11) is -1.34. The second kappa shape index (κ2) is 8.19. The summed E-state index contributed by atoms with van der Waals surface area (Å²) >= 11 is 1.31. The van der Waals surface area contributed by atoms with Gasteiger partial charge in [-0.2, -0.15) is 0 Å². The number of sulfonamides is 1. The topological polar surface area (TPSA) is 52.7 Å². The van der Waals surface area contributed by atoms with Crippen molar-refractivity contribution in [3.05, 3.63) is 52.4 Å². The molecular weight excluding hydrogens is 366 g/mol. The van der Waals surface area contributed by atoms with Gasteiger partial charge in [0.05, 0.1) is 0 Å². The van der Waals surface area contributed by atoms with Crippen molar-refractivity contribution in [2.45, 2.75) is 24.1 Å². The molecule has 1 N–H and O–H groups in total. The average molecular weight is 394 g/mol. The molecule has 0 bridgehead atoms. The molecule has 0 aliphatic carbocycles. The standard InChI is InChI=1S/C19H27N3O2S2/c1-15-4-7-17(8-5-15)18(22-12-10-21(3)11-13-22)14-20-26(23,24)19-9-6-16(2)25-19/h4-9,18,20H,10-14H2,1-3H3. The highest BCUT2D eigenvalue weighted by molar-refractivity contribution is 7.91. The van der Waals surface area contributed by atoms with Crippen molar-refractivity contribution >= 4 is 21.4 Å². The molecule has 26 heavy (non-hydrogen) atoms. The molecule has 1 fully saturated rings. The minimum Gasteiger partial charge on any atom is -0.304 e. The van der Waals surface area contributed by atoms with Gasteiger partial charge in [-0.05, 0) is 38.6 Å². The minimum atomic E-state index is -3.47. The van der Waals surface area contributed by atoms with Gasteiger partial charge >= 0.3 is 0 Å². The zero-order chi connectivity index (χ0) is 18.7. The maximum atomic E-state index is 12.6. The van der Waals surface area contributed by atoms with Crippen molar-refractivity contribution in [3.63, 3.8) is 0 Å². The first-order valence-electron chi connectivity index (χ1n) is 8.90. The Kier molecular flexibility index (Phi) is 6.14. The Morgan fingerprint density at radius 2 is 1.69 bits per heavy atom. The number of thiophene rings is 1. The van der Waals surface area contributed by atoms with E-state index in [4.69, 9.17) is 0 Å². The van der Waals surface area contributed by atoms with E-state index in [1.165, 1.54) is 16.9 Å². The Bertz CT molecular complexity index is 823. The van der Waals surface area contributed by atoms with Gasteiger partial charge in [-0.3, -0.25) is 4.90 Å². The number of aryl methyl sites for hydroxylation is 2. The smallest absolute Gasteiger partial charge is 0.250 e. The van der Waals surface area contributed by atoms with Crippen LogP contribution in [0, 0.1) is 13.8 Å². The quantitative estimate of drug-likeness (QED) is 0.820. The van der Waals surface area contributed by atoms with Crippen LogP contribution >= 0.6 is 11.3 Å². The molecule has 1 atom stereocenters. The van der Waals surface area contributed by atoms with Crippen LogP contribution in [0.2, 0.25) is 0 Å². The van der Waals surface area contributed by atoms with E-state index in [0.717, 1.165) is 36.6 Å². The maximum absolute atomic E-state index is 12.6. The molecule has 7 heteroatoms. The lowest BCUT2D eigenvalue weighted by Crippen LogP contribution is -2.48. The van der Waals surface area contributed by atoms with Gasteiger partial charge in [0, 0.05) is 43.6 Å². The fourth-order valence-corrected chi connectivity index (χ4v) is 5.56. The Morgan fingerprint density at radius 1 is 1.04 bits per heavy atom. The Morgan fingerprint density at radius 3 is 2.27 bits per heavy atom. The lowest BCUT2D eigenvalue weighted by atomic mass is 10.0. The van der Waals surface area contributed by atoms with E-state index >= 15 is 0 Å². The fraction of sp³-hybridized carbons (Fsp3) is 0.474. The fourth-order valence-electron chi connectivity index (χ4n) is 3.20. The maximum Gasteiger partial charge on any atom is 0.250 e. The highest BCUT2D eigenvalue weighted by Gasteiger charge is 2.26. The molecule has 1 saturated heterocycles. The van der Waals surface area contributed by atoms with Crippen LogP contribution in [0.1, 0.15) is 22.0 Å². The molecule has 3 rings (SSSR count). The van der Waals surface area contributed by atoms with Crippen molar-refractivity contribution in [3.8, 4) is 0 Å². The van der Waals surface area contributed by atoms with Gasteiger partial charge in [-0.1, -0.05) is 29.8 Å². The first kappa shape index (κ1) is 19.5. The monoisotopic (exact) mass is 393 g/mol. The summed E-state index contributed by atoms with van der Waals surface area (Å²) in [6, 6.07) is 12.0. The van der Waals surface area contributed by atoms with Crippen molar-refractivity contribution in [1.82, 2.24) is 14.5 Å². The van der Waals surface area contributed by atoms with Gasteiger partial charge in [-0.15, -0.1) is 11.3 Å². The van der Waals surface area contributed by atoms with Gasteiger partial charge in [0.25, 0.3) is 0 Å². The Labute approximate surface area is 160 Å². The van der Waals surface area contributed by atoms with Crippen LogP contribution in [-0.4, -0.2) is 58.0 Å². The molecule has 142 valence electrons. The van der Waals surface area contributed by atoms with Crippen LogP contribution in [0.25, 0.3) is 0 Å². The molecule has 0 saturated carbocycles. The number of nitrogens with one attached hydrogen (secondary N) is 1. The van der Waals surface area contributed by atoms with Crippen LogP contribution < -0.4 is 4.72 Å². The van der Waals surface area contributed by atoms with Crippen LogP contribution in [0.15, 0.2) is 40.6 Å². The second-order valence-corrected chi connectivity index (χ2v) is 10.3. The van der Waals surface area contributed by atoms with E-state index in [-0.39, 0.29) is 6.04 Å². The second-order valence-electron chi connectivity index (χ2n) is 6.98. The van der Waals surface area contributed by atoms with E-state index in [9.17, 15) is 8.42 Å². The van der Waals surface area contributed by atoms with Crippen molar-refractivity contribution in [1.29, 1.82) is 0 Å². The summed E-state index contributed by atoms with van der Waals surface area (Å²) in [6.07, 6.45) is 0. The molecule has 0 radical (unpaired) electrons. The van der Waals surface area contributed by atoms with E-state index in [2.05, 4.69) is 52.8 Å². The lowest BCUT2D eigenvalue weighted by Gasteiger charge is -2.38. The first-order valence-corrected chi connectivity index (χ1v) is 11.2.